The minimum absolute atomic E-state index is 0.0327. The summed E-state index contributed by atoms with van der Waals surface area (Å²) in [7, 11) is 0. The molecule has 0 N–H and O–H groups in total. The number of benzene rings is 1. The average molecular weight is 261 g/mol. The number of hydrogen-bond acceptors (Lipinski definition) is 2. The third-order valence-electron chi connectivity index (χ3n) is 3.87. The first-order chi connectivity index (χ1) is 8.75. The summed E-state index contributed by atoms with van der Waals surface area (Å²) in [5.74, 6) is 0. The smallest absolute Gasteiger partial charge is 0.0871 e. The zero-order chi connectivity index (χ0) is 13.0. The molecule has 0 fully saturated rings. The van der Waals surface area contributed by atoms with E-state index >= 15 is 0 Å². The van der Waals surface area contributed by atoms with Crippen molar-refractivity contribution in [2.24, 2.45) is 4.99 Å². The number of aliphatic imine (C=N–C) groups is 1. The lowest BCUT2D eigenvalue weighted by atomic mass is 9.85. The van der Waals surface area contributed by atoms with Gasteiger partial charge in [0.2, 0.25) is 0 Å². The highest BCUT2D eigenvalue weighted by Gasteiger charge is 2.34. The Balaban J connectivity index is 2.38. The molecule has 0 amide bonds. The fourth-order valence-electron chi connectivity index (χ4n) is 2.61. The molecule has 1 aromatic rings. The topological polar surface area (TPSA) is 12.4 Å². The molecule has 1 aliphatic heterocycles. The van der Waals surface area contributed by atoms with E-state index < -0.39 is 0 Å². The van der Waals surface area contributed by atoms with E-state index in [-0.39, 0.29) is 5.54 Å². The summed E-state index contributed by atoms with van der Waals surface area (Å²) in [5, 5.41) is 1.33. The van der Waals surface area contributed by atoms with Gasteiger partial charge in [0.15, 0.2) is 0 Å². The minimum atomic E-state index is 0.0327. The zero-order valence-corrected chi connectivity index (χ0v) is 12.5. The Morgan fingerprint density at radius 3 is 2.50 bits per heavy atom. The van der Waals surface area contributed by atoms with E-state index in [9.17, 15) is 0 Å². The summed E-state index contributed by atoms with van der Waals surface area (Å²) in [5.41, 5.74) is 1.46. The molecule has 0 aliphatic carbocycles. The van der Waals surface area contributed by atoms with Crippen molar-refractivity contribution >= 4 is 16.8 Å². The molecule has 0 saturated heterocycles. The van der Waals surface area contributed by atoms with Gasteiger partial charge in [0.1, 0.15) is 0 Å². The summed E-state index contributed by atoms with van der Waals surface area (Å²) >= 11 is 1.88. The zero-order valence-electron chi connectivity index (χ0n) is 11.7. The number of nitrogens with zero attached hydrogens (tertiary/aromatic N) is 1. The van der Waals surface area contributed by atoms with Gasteiger partial charge in [0.25, 0.3) is 0 Å². The Kier molecular flexibility index (Phi) is 4.50. The molecule has 0 radical (unpaired) electrons. The van der Waals surface area contributed by atoms with Crippen LogP contribution in [0.3, 0.4) is 0 Å². The van der Waals surface area contributed by atoms with Crippen molar-refractivity contribution in [3.8, 4) is 0 Å². The van der Waals surface area contributed by atoms with Crippen molar-refractivity contribution in [3.05, 3.63) is 29.8 Å². The largest absolute Gasteiger partial charge is 0.271 e. The molecule has 0 bridgehead atoms. The quantitative estimate of drug-likeness (QED) is 0.691. The number of thioether (sulfide) groups is 1. The molecule has 1 aliphatic rings. The minimum Gasteiger partial charge on any atom is -0.271 e. The summed E-state index contributed by atoms with van der Waals surface area (Å²) in [6.07, 6.45) is 5.81. The number of hydrogen-bond donors (Lipinski definition) is 0. The van der Waals surface area contributed by atoms with E-state index in [0.29, 0.717) is 0 Å². The number of fused-ring (bicyclic) bond motifs is 1. The summed E-state index contributed by atoms with van der Waals surface area (Å²) in [4.78, 5) is 6.53. The summed E-state index contributed by atoms with van der Waals surface area (Å²) in [6, 6.07) is 8.80. The Bertz CT molecular complexity index is 432. The maximum absolute atomic E-state index is 5.11. The van der Waals surface area contributed by atoms with Crippen LogP contribution in [0, 0.1) is 0 Å². The van der Waals surface area contributed by atoms with Gasteiger partial charge in [-0.15, -0.1) is 0 Å². The molecule has 1 nitrogen and oxygen atoms in total. The van der Waals surface area contributed by atoms with E-state index in [1.165, 1.54) is 28.3 Å². The highest BCUT2D eigenvalue weighted by atomic mass is 32.2. The Labute approximate surface area is 115 Å². The molecular formula is C16H23NS. The molecule has 0 atom stereocenters. The van der Waals surface area contributed by atoms with Crippen molar-refractivity contribution in [1.82, 2.24) is 0 Å². The van der Waals surface area contributed by atoms with Gasteiger partial charge in [-0.25, -0.2) is 0 Å². The van der Waals surface area contributed by atoms with E-state index in [0.717, 1.165) is 19.3 Å². The predicted octanol–water partition coefficient (Wildman–Crippen LogP) is 5.40. The van der Waals surface area contributed by atoms with Crippen LogP contribution in [-0.4, -0.2) is 5.04 Å². The van der Waals surface area contributed by atoms with Crippen LogP contribution in [0.25, 0.3) is 0 Å². The highest BCUT2D eigenvalue weighted by molar-refractivity contribution is 8.14. The first-order valence-corrected chi connectivity index (χ1v) is 7.93. The third-order valence-corrected chi connectivity index (χ3v) is 4.98. The molecule has 2 heteroatoms. The molecular weight excluding hydrogens is 238 g/mol. The monoisotopic (exact) mass is 261 g/mol. The number of unbranched alkanes of at least 4 members (excludes halogenated alkanes) is 1. The van der Waals surface area contributed by atoms with Crippen molar-refractivity contribution in [1.29, 1.82) is 0 Å². The van der Waals surface area contributed by atoms with E-state index in [2.05, 4.69) is 45.0 Å². The number of rotatable bonds is 5. The first-order valence-electron chi connectivity index (χ1n) is 7.11. The molecule has 0 unspecified atom stereocenters. The normalized spacial score (nSPS) is 17.2. The molecule has 0 saturated carbocycles. The second-order valence-electron chi connectivity index (χ2n) is 4.95. The van der Waals surface area contributed by atoms with Gasteiger partial charge >= 0.3 is 0 Å². The summed E-state index contributed by atoms with van der Waals surface area (Å²) < 4.78 is 0. The van der Waals surface area contributed by atoms with Crippen molar-refractivity contribution in [3.63, 3.8) is 0 Å². The van der Waals surface area contributed by atoms with Gasteiger partial charge < -0.3 is 0 Å². The molecule has 1 heterocycles. The van der Waals surface area contributed by atoms with Crippen LogP contribution >= 0.6 is 11.8 Å². The van der Waals surface area contributed by atoms with Crippen LogP contribution in [0.2, 0.25) is 0 Å². The third kappa shape index (κ3) is 2.49. The Morgan fingerprint density at radius 1 is 1.11 bits per heavy atom. The molecule has 18 heavy (non-hydrogen) atoms. The van der Waals surface area contributed by atoms with Gasteiger partial charge in [0.05, 0.1) is 10.6 Å². The van der Waals surface area contributed by atoms with Crippen LogP contribution in [0.15, 0.2) is 34.2 Å². The standard InChI is InChI=1S/C16H23NS/c1-4-7-12-15-17-16(5-2,6-3)13-10-8-9-11-14(13)18-15/h8-11H,4-7,12H2,1-3H3. The van der Waals surface area contributed by atoms with Crippen LogP contribution in [0.1, 0.15) is 58.4 Å². The van der Waals surface area contributed by atoms with Crippen LogP contribution < -0.4 is 0 Å². The second-order valence-corrected chi connectivity index (χ2v) is 6.06. The highest BCUT2D eigenvalue weighted by Crippen LogP contribution is 2.44. The summed E-state index contributed by atoms with van der Waals surface area (Å²) in [6.45, 7) is 6.77. The van der Waals surface area contributed by atoms with Gasteiger partial charge in [-0.05, 0) is 37.3 Å². The fourth-order valence-corrected chi connectivity index (χ4v) is 3.85. The molecule has 1 aromatic carbocycles. The fraction of sp³-hybridized carbons (Fsp3) is 0.562. The van der Waals surface area contributed by atoms with Gasteiger partial charge in [0, 0.05) is 4.90 Å². The lowest BCUT2D eigenvalue weighted by Crippen LogP contribution is -2.27. The maximum Gasteiger partial charge on any atom is 0.0871 e. The molecule has 98 valence electrons. The van der Waals surface area contributed by atoms with E-state index in [1.54, 1.807) is 0 Å². The maximum atomic E-state index is 5.11. The first kappa shape index (κ1) is 13.7. The Hall–Kier alpha value is -0.760. The molecule has 0 spiro atoms. The average Bonchev–Trinajstić information content (AvgIpc) is 2.44. The van der Waals surface area contributed by atoms with Crippen LogP contribution in [0.4, 0.5) is 0 Å². The van der Waals surface area contributed by atoms with Crippen LogP contribution in [-0.2, 0) is 5.54 Å². The lowest BCUT2D eigenvalue weighted by Gasteiger charge is -2.34. The van der Waals surface area contributed by atoms with E-state index in [4.69, 9.17) is 4.99 Å². The van der Waals surface area contributed by atoms with Crippen molar-refractivity contribution in [2.45, 2.75) is 63.3 Å². The SMILES string of the molecule is CCCCC1=NC(CC)(CC)c2ccccc2S1. The predicted molar refractivity (Wildman–Crippen MR) is 81.5 cm³/mol. The molecule has 2 rings (SSSR count). The van der Waals surface area contributed by atoms with Gasteiger partial charge in [-0.2, -0.15) is 0 Å². The van der Waals surface area contributed by atoms with Gasteiger partial charge in [-0.1, -0.05) is 57.2 Å². The van der Waals surface area contributed by atoms with Gasteiger partial charge in [-0.3, -0.25) is 4.99 Å². The lowest BCUT2D eigenvalue weighted by molar-refractivity contribution is 0.407. The Morgan fingerprint density at radius 2 is 1.83 bits per heavy atom. The second kappa shape index (κ2) is 5.92. The van der Waals surface area contributed by atoms with Crippen LogP contribution in [0.5, 0.6) is 0 Å². The van der Waals surface area contributed by atoms with Crippen molar-refractivity contribution in [2.75, 3.05) is 0 Å². The molecule has 0 aromatic heterocycles. The van der Waals surface area contributed by atoms with Crippen molar-refractivity contribution < 1.29 is 0 Å². The van der Waals surface area contributed by atoms with E-state index in [1.807, 2.05) is 11.8 Å².